The van der Waals surface area contributed by atoms with Crippen molar-refractivity contribution in [3.63, 3.8) is 0 Å². The Morgan fingerprint density at radius 3 is 2.65 bits per heavy atom. The first-order valence-corrected chi connectivity index (χ1v) is 7.04. The van der Waals surface area contributed by atoms with Crippen LogP contribution in [-0.2, 0) is 0 Å². The molecule has 1 heterocycles. The fraction of sp³-hybridized carbons (Fsp3) is 0.200. The van der Waals surface area contributed by atoms with E-state index in [2.05, 4.69) is 17.2 Å². The van der Waals surface area contributed by atoms with Crippen LogP contribution >= 0.6 is 23.2 Å². The zero-order valence-electron chi connectivity index (χ0n) is 11.0. The Morgan fingerprint density at radius 2 is 2.00 bits per heavy atom. The maximum absolute atomic E-state index is 12.2. The van der Waals surface area contributed by atoms with Crippen molar-refractivity contribution < 1.29 is 4.79 Å². The highest BCUT2D eigenvalue weighted by Crippen LogP contribution is 2.23. The molecule has 0 radical (unpaired) electrons. The minimum absolute atomic E-state index is 0.234. The number of amides is 1. The van der Waals surface area contributed by atoms with E-state index < -0.39 is 0 Å². The fourth-order valence-electron chi connectivity index (χ4n) is 1.84. The minimum atomic E-state index is -0.341. The second-order valence-electron chi connectivity index (χ2n) is 4.34. The fourth-order valence-corrected chi connectivity index (χ4v) is 2.37. The summed E-state index contributed by atoms with van der Waals surface area (Å²) in [5.41, 5.74) is 2.26. The smallest absolute Gasteiger partial charge is 0.258 e. The molecule has 1 aromatic rings. The molecule has 0 unspecified atom stereocenters. The lowest BCUT2D eigenvalue weighted by atomic mass is 10.1. The van der Waals surface area contributed by atoms with Crippen LogP contribution in [0.25, 0.3) is 0 Å². The van der Waals surface area contributed by atoms with Gasteiger partial charge in [-0.1, -0.05) is 47.9 Å². The topological polar surface area (TPSA) is 42.0 Å². The van der Waals surface area contributed by atoms with Gasteiger partial charge in [-0.15, -0.1) is 0 Å². The van der Waals surface area contributed by atoms with Gasteiger partial charge in [0.05, 0.1) is 15.6 Å². The summed E-state index contributed by atoms with van der Waals surface area (Å²) in [7, 11) is 0. The molecular formula is C15H14Cl2N2O. The number of carbonyl (C=O) groups excluding carboxylic acids is 1. The van der Waals surface area contributed by atoms with Crippen molar-refractivity contribution in [2.75, 3.05) is 0 Å². The summed E-state index contributed by atoms with van der Waals surface area (Å²) in [5, 5.41) is 3.26. The molecule has 0 saturated heterocycles. The molecule has 5 heteroatoms. The molecule has 0 bridgehead atoms. The van der Waals surface area contributed by atoms with Crippen molar-refractivity contribution in [2.24, 2.45) is 0 Å². The molecule has 104 valence electrons. The van der Waals surface area contributed by atoms with Gasteiger partial charge in [0.1, 0.15) is 0 Å². The minimum Gasteiger partial charge on any atom is -0.322 e. The molecule has 0 aromatic carbocycles. The first-order chi connectivity index (χ1) is 9.61. The third-order valence-electron chi connectivity index (χ3n) is 2.97. The Morgan fingerprint density at radius 1 is 1.30 bits per heavy atom. The van der Waals surface area contributed by atoms with Crippen molar-refractivity contribution in [3.8, 4) is 0 Å². The Balaban J connectivity index is 2.20. The first kappa shape index (κ1) is 14.8. The number of allylic oxidation sites excluding steroid dienone is 5. The second-order valence-corrected chi connectivity index (χ2v) is 5.15. The Labute approximate surface area is 128 Å². The van der Waals surface area contributed by atoms with E-state index in [1.54, 1.807) is 0 Å². The summed E-state index contributed by atoms with van der Waals surface area (Å²) in [5.74, 6) is -0.341. The van der Waals surface area contributed by atoms with E-state index in [0.717, 1.165) is 12.8 Å². The van der Waals surface area contributed by atoms with Crippen molar-refractivity contribution in [1.82, 2.24) is 10.3 Å². The number of nitrogens with zero attached hydrogens (tertiary/aromatic N) is 1. The number of halogens is 2. The maximum atomic E-state index is 12.2. The predicted octanol–water partition coefficient (Wildman–Crippen LogP) is 4.30. The van der Waals surface area contributed by atoms with Gasteiger partial charge >= 0.3 is 0 Å². The number of hydrogen-bond donors (Lipinski definition) is 1. The second kappa shape index (κ2) is 6.73. The molecule has 2 rings (SSSR count). The first-order valence-electron chi connectivity index (χ1n) is 6.28. The molecular weight excluding hydrogens is 295 g/mol. The van der Waals surface area contributed by atoms with Crippen LogP contribution in [0.15, 0.2) is 48.0 Å². The highest BCUT2D eigenvalue weighted by Gasteiger charge is 2.15. The zero-order valence-corrected chi connectivity index (χ0v) is 12.5. The summed E-state index contributed by atoms with van der Waals surface area (Å²) in [4.78, 5) is 16.0. The molecule has 0 spiro atoms. The standard InChI is InChI=1S/C15H14Cl2N2O/c1-2-10-4-3-5-11(7-6-10)19-15(20)14-12(16)8-18-9-13(14)17/h3,5-9H,2,4H2,1H3,(H,19,20). The van der Waals surface area contributed by atoms with Gasteiger partial charge in [0.25, 0.3) is 5.91 Å². The van der Waals surface area contributed by atoms with Gasteiger partial charge in [-0.05, 0) is 25.0 Å². The summed E-state index contributed by atoms with van der Waals surface area (Å²) in [6.45, 7) is 2.10. The predicted molar refractivity (Wildman–Crippen MR) is 81.9 cm³/mol. The van der Waals surface area contributed by atoms with Gasteiger partial charge in [-0.2, -0.15) is 0 Å². The number of rotatable bonds is 3. The zero-order chi connectivity index (χ0) is 14.5. The molecule has 1 aromatic heterocycles. The van der Waals surface area contributed by atoms with E-state index >= 15 is 0 Å². The molecule has 0 fully saturated rings. The molecule has 1 N–H and O–H groups in total. The number of nitrogens with one attached hydrogen (secondary N) is 1. The van der Waals surface area contributed by atoms with Crippen LogP contribution in [0.3, 0.4) is 0 Å². The summed E-state index contributed by atoms with van der Waals surface area (Å²) >= 11 is 11.9. The number of aromatic nitrogens is 1. The monoisotopic (exact) mass is 308 g/mol. The van der Waals surface area contributed by atoms with Gasteiger partial charge in [-0.3, -0.25) is 9.78 Å². The van der Waals surface area contributed by atoms with Crippen molar-refractivity contribution in [3.05, 3.63) is 63.6 Å². The van der Waals surface area contributed by atoms with E-state index in [1.807, 2.05) is 24.3 Å². The van der Waals surface area contributed by atoms with Crippen LogP contribution in [0.4, 0.5) is 0 Å². The van der Waals surface area contributed by atoms with Crippen molar-refractivity contribution in [2.45, 2.75) is 19.8 Å². The molecule has 1 aliphatic rings. The normalized spacial score (nSPS) is 14.3. The van der Waals surface area contributed by atoms with Crippen LogP contribution < -0.4 is 5.32 Å². The maximum Gasteiger partial charge on any atom is 0.258 e. The van der Waals surface area contributed by atoms with Crippen LogP contribution in [0, 0.1) is 0 Å². The third-order valence-corrected chi connectivity index (χ3v) is 3.54. The summed E-state index contributed by atoms with van der Waals surface area (Å²) < 4.78 is 0. The number of pyridine rings is 1. The lowest BCUT2D eigenvalue weighted by Gasteiger charge is -2.08. The number of hydrogen-bond acceptors (Lipinski definition) is 2. The molecule has 0 saturated carbocycles. The average molecular weight is 309 g/mol. The van der Waals surface area contributed by atoms with Gasteiger partial charge in [0, 0.05) is 18.1 Å². The van der Waals surface area contributed by atoms with E-state index in [-0.39, 0.29) is 21.5 Å². The molecule has 20 heavy (non-hydrogen) atoms. The van der Waals surface area contributed by atoms with Gasteiger partial charge in [-0.25, -0.2) is 0 Å². The summed E-state index contributed by atoms with van der Waals surface area (Å²) in [6, 6.07) is 0. The quantitative estimate of drug-likeness (QED) is 0.904. The highest BCUT2D eigenvalue weighted by atomic mass is 35.5. The highest BCUT2D eigenvalue weighted by molar-refractivity contribution is 6.39. The Hall–Kier alpha value is -1.58. The van der Waals surface area contributed by atoms with E-state index in [9.17, 15) is 4.79 Å². The van der Waals surface area contributed by atoms with E-state index in [1.165, 1.54) is 18.0 Å². The van der Waals surface area contributed by atoms with E-state index in [0.29, 0.717) is 5.70 Å². The Bertz CT molecular complexity index is 598. The molecule has 1 aliphatic carbocycles. The largest absolute Gasteiger partial charge is 0.322 e. The van der Waals surface area contributed by atoms with E-state index in [4.69, 9.17) is 23.2 Å². The van der Waals surface area contributed by atoms with Crippen molar-refractivity contribution in [1.29, 1.82) is 0 Å². The molecule has 3 nitrogen and oxygen atoms in total. The van der Waals surface area contributed by atoms with Crippen LogP contribution in [0.1, 0.15) is 30.1 Å². The van der Waals surface area contributed by atoms with Gasteiger partial charge in [0.2, 0.25) is 0 Å². The Kier molecular flexibility index (Phi) is 4.99. The van der Waals surface area contributed by atoms with Crippen LogP contribution in [0.5, 0.6) is 0 Å². The molecule has 0 aliphatic heterocycles. The van der Waals surface area contributed by atoms with Gasteiger partial charge < -0.3 is 5.32 Å². The third kappa shape index (κ3) is 3.50. The van der Waals surface area contributed by atoms with Crippen LogP contribution in [0.2, 0.25) is 10.0 Å². The summed E-state index contributed by atoms with van der Waals surface area (Å²) in [6.07, 6.45) is 12.5. The number of carbonyl (C=O) groups is 1. The SMILES string of the molecule is CCC1=CC=C(NC(=O)c2c(Cl)cncc2Cl)C=CC1. The molecule has 0 atom stereocenters. The molecule has 1 amide bonds. The lowest BCUT2D eigenvalue weighted by molar-refractivity contribution is 0.0967. The van der Waals surface area contributed by atoms with Crippen molar-refractivity contribution >= 4 is 29.1 Å². The average Bonchev–Trinajstić information content (AvgIpc) is 2.63. The lowest BCUT2D eigenvalue weighted by Crippen LogP contribution is -2.22. The van der Waals surface area contributed by atoms with Gasteiger partial charge in [0.15, 0.2) is 0 Å². The van der Waals surface area contributed by atoms with Crippen LogP contribution in [-0.4, -0.2) is 10.9 Å².